The Hall–Kier alpha value is -3.74. The molecule has 3 aromatic rings. The number of nitrogens with zero attached hydrogens (tertiary/aromatic N) is 2. The first-order valence-corrected chi connectivity index (χ1v) is 12.1. The lowest BCUT2D eigenvalue weighted by Crippen LogP contribution is -2.44. The number of benzene rings is 2. The third-order valence-electron chi connectivity index (χ3n) is 6.13. The molecule has 0 bridgehead atoms. The summed E-state index contributed by atoms with van der Waals surface area (Å²) in [5, 5.41) is 0. The van der Waals surface area contributed by atoms with Crippen LogP contribution in [0.2, 0.25) is 0 Å². The normalized spacial score (nSPS) is 12.9. The number of carbonyl (C=O) groups is 2. The zero-order chi connectivity index (χ0) is 24.6. The van der Waals surface area contributed by atoms with Crippen LogP contribution in [0, 0.1) is 0 Å². The van der Waals surface area contributed by atoms with Gasteiger partial charge >= 0.3 is 0 Å². The molecule has 4 rings (SSSR count). The average molecular weight is 477 g/mol. The van der Waals surface area contributed by atoms with Gasteiger partial charge in [-0.15, -0.1) is 0 Å². The molecule has 1 aliphatic rings. The van der Waals surface area contributed by atoms with Crippen LogP contribution in [-0.4, -0.2) is 41.5 Å². The standard InChI is InChI=1S/C28H32N2O5/c1-3-14-29(28(32)24(4-2)22-9-6-5-7-10-22)19-27(31)30(18-23-11-8-15-33-23)17-21-12-13-25-26(16-21)35-20-34-25/h5-13,15-16,24H,3-4,14,17-20H2,1-2H3. The molecule has 1 aromatic heterocycles. The lowest BCUT2D eigenvalue weighted by molar-refractivity contribution is -0.142. The highest BCUT2D eigenvalue weighted by atomic mass is 16.7. The zero-order valence-corrected chi connectivity index (χ0v) is 20.3. The maximum absolute atomic E-state index is 13.6. The van der Waals surface area contributed by atoms with Crippen LogP contribution >= 0.6 is 0 Å². The molecular weight excluding hydrogens is 444 g/mol. The molecule has 0 radical (unpaired) electrons. The highest BCUT2D eigenvalue weighted by Crippen LogP contribution is 2.33. The highest BCUT2D eigenvalue weighted by molar-refractivity contribution is 5.88. The maximum atomic E-state index is 13.6. The van der Waals surface area contributed by atoms with E-state index in [1.165, 1.54) is 0 Å². The Morgan fingerprint density at radius 2 is 1.71 bits per heavy atom. The molecule has 0 aliphatic carbocycles. The molecule has 184 valence electrons. The minimum Gasteiger partial charge on any atom is -0.467 e. The molecule has 1 aliphatic heterocycles. The summed E-state index contributed by atoms with van der Waals surface area (Å²) >= 11 is 0. The summed E-state index contributed by atoms with van der Waals surface area (Å²) in [5.74, 6) is 1.62. The second kappa shape index (κ2) is 11.6. The van der Waals surface area contributed by atoms with Gasteiger partial charge in [0.1, 0.15) is 5.76 Å². The van der Waals surface area contributed by atoms with Gasteiger partial charge in [0.25, 0.3) is 0 Å². The quantitative estimate of drug-likeness (QED) is 0.391. The number of furan rings is 1. The van der Waals surface area contributed by atoms with Crippen LogP contribution in [-0.2, 0) is 22.7 Å². The van der Waals surface area contributed by atoms with Crippen molar-refractivity contribution in [2.75, 3.05) is 19.9 Å². The SMILES string of the molecule is CCCN(CC(=O)N(Cc1ccc2c(c1)OCO2)Cc1ccco1)C(=O)C(CC)c1ccccc1. The van der Waals surface area contributed by atoms with Crippen LogP contribution in [0.5, 0.6) is 11.5 Å². The largest absolute Gasteiger partial charge is 0.467 e. The molecule has 2 aromatic carbocycles. The van der Waals surface area contributed by atoms with Gasteiger partial charge in [-0.3, -0.25) is 9.59 Å². The molecule has 1 atom stereocenters. The average Bonchev–Trinajstić information content (AvgIpc) is 3.56. The van der Waals surface area contributed by atoms with Gasteiger partial charge in [0.15, 0.2) is 11.5 Å². The van der Waals surface area contributed by atoms with Gasteiger partial charge in [0.05, 0.1) is 25.3 Å². The lowest BCUT2D eigenvalue weighted by Gasteiger charge is -2.29. The third-order valence-corrected chi connectivity index (χ3v) is 6.13. The fourth-order valence-electron chi connectivity index (χ4n) is 4.34. The van der Waals surface area contributed by atoms with Gasteiger partial charge in [0, 0.05) is 13.1 Å². The first-order valence-electron chi connectivity index (χ1n) is 12.1. The molecule has 0 spiro atoms. The van der Waals surface area contributed by atoms with E-state index in [2.05, 4.69) is 0 Å². The van der Waals surface area contributed by atoms with E-state index < -0.39 is 0 Å². The summed E-state index contributed by atoms with van der Waals surface area (Å²) in [7, 11) is 0. The van der Waals surface area contributed by atoms with Crippen molar-refractivity contribution in [3.8, 4) is 11.5 Å². The van der Waals surface area contributed by atoms with Crippen LogP contribution in [0.15, 0.2) is 71.3 Å². The van der Waals surface area contributed by atoms with Crippen LogP contribution in [0.1, 0.15) is 49.5 Å². The van der Waals surface area contributed by atoms with Gasteiger partial charge in [-0.05, 0) is 48.2 Å². The first-order chi connectivity index (χ1) is 17.1. The van der Waals surface area contributed by atoms with E-state index in [0.29, 0.717) is 43.3 Å². The Morgan fingerprint density at radius 3 is 2.43 bits per heavy atom. The van der Waals surface area contributed by atoms with Gasteiger partial charge in [0.2, 0.25) is 18.6 Å². The molecule has 0 fully saturated rings. The topological polar surface area (TPSA) is 72.2 Å². The van der Waals surface area contributed by atoms with E-state index in [1.807, 2.05) is 68.4 Å². The number of hydrogen-bond acceptors (Lipinski definition) is 5. The lowest BCUT2D eigenvalue weighted by atomic mass is 9.95. The number of hydrogen-bond donors (Lipinski definition) is 0. The molecule has 0 saturated heterocycles. The summed E-state index contributed by atoms with van der Waals surface area (Å²) < 4.78 is 16.4. The summed E-state index contributed by atoms with van der Waals surface area (Å²) in [5.41, 5.74) is 1.89. The van der Waals surface area contributed by atoms with E-state index in [0.717, 1.165) is 17.5 Å². The van der Waals surface area contributed by atoms with E-state index in [1.54, 1.807) is 22.1 Å². The predicted octanol–water partition coefficient (Wildman–Crippen LogP) is 4.97. The van der Waals surface area contributed by atoms with Crippen molar-refractivity contribution in [2.24, 2.45) is 0 Å². The van der Waals surface area contributed by atoms with Gasteiger partial charge in [-0.25, -0.2) is 0 Å². The maximum Gasteiger partial charge on any atom is 0.242 e. The van der Waals surface area contributed by atoms with Crippen molar-refractivity contribution in [2.45, 2.75) is 45.7 Å². The molecule has 7 nitrogen and oxygen atoms in total. The van der Waals surface area contributed by atoms with Gasteiger partial charge < -0.3 is 23.7 Å². The van der Waals surface area contributed by atoms with Crippen molar-refractivity contribution in [1.29, 1.82) is 0 Å². The molecule has 35 heavy (non-hydrogen) atoms. The summed E-state index contributed by atoms with van der Waals surface area (Å²) in [6.07, 6.45) is 3.03. The van der Waals surface area contributed by atoms with Crippen LogP contribution in [0.4, 0.5) is 0 Å². The Kier molecular flexibility index (Phi) is 8.08. The van der Waals surface area contributed by atoms with Crippen LogP contribution in [0.25, 0.3) is 0 Å². The van der Waals surface area contributed by atoms with Crippen molar-refractivity contribution in [3.63, 3.8) is 0 Å². The minimum absolute atomic E-state index is 0.0151. The Bertz CT molecular complexity index is 1110. The molecule has 2 heterocycles. The molecule has 0 N–H and O–H groups in total. The highest BCUT2D eigenvalue weighted by Gasteiger charge is 2.28. The monoisotopic (exact) mass is 476 g/mol. The summed E-state index contributed by atoms with van der Waals surface area (Å²) in [6, 6.07) is 19.1. The van der Waals surface area contributed by atoms with Crippen LogP contribution in [0.3, 0.4) is 0 Å². The Morgan fingerprint density at radius 1 is 0.914 bits per heavy atom. The number of fused-ring (bicyclic) bond motifs is 1. The molecule has 0 saturated carbocycles. The molecular formula is C28H32N2O5. The van der Waals surface area contributed by atoms with Crippen molar-refractivity contribution in [3.05, 3.63) is 83.8 Å². The molecule has 2 amide bonds. The second-order valence-corrected chi connectivity index (χ2v) is 8.65. The Balaban J connectivity index is 1.52. The number of ether oxygens (including phenoxy) is 2. The zero-order valence-electron chi connectivity index (χ0n) is 20.3. The van der Waals surface area contributed by atoms with Crippen LogP contribution < -0.4 is 9.47 Å². The fourth-order valence-corrected chi connectivity index (χ4v) is 4.34. The minimum atomic E-state index is -0.275. The van der Waals surface area contributed by atoms with E-state index in [9.17, 15) is 9.59 Å². The number of amides is 2. The van der Waals surface area contributed by atoms with Gasteiger partial charge in [-0.1, -0.05) is 50.2 Å². The number of carbonyl (C=O) groups excluding carboxylic acids is 2. The first kappa shape index (κ1) is 24.4. The second-order valence-electron chi connectivity index (χ2n) is 8.65. The summed E-state index contributed by atoms with van der Waals surface area (Å²) in [4.78, 5) is 30.5. The van der Waals surface area contributed by atoms with Crippen molar-refractivity contribution in [1.82, 2.24) is 9.80 Å². The fraction of sp³-hybridized carbons (Fsp3) is 0.357. The van der Waals surface area contributed by atoms with E-state index >= 15 is 0 Å². The van der Waals surface area contributed by atoms with E-state index in [4.69, 9.17) is 13.9 Å². The van der Waals surface area contributed by atoms with Gasteiger partial charge in [-0.2, -0.15) is 0 Å². The van der Waals surface area contributed by atoms with Crippen molar-refractivity contribution >= 4 is 11.8 Å². The van der Waals surface area contributed by atoms with Crippen molar-refractivity contribution < 1.29 is 23.5 Å². The molecule has 1 unspecified atom stereocenters. The summed E-state index contributed by atoms with van der Waals surface area (Å²) in [6.45, 7) is 5.42. The number of rotatable bonds is 11. The smallest absolute Gasteiger partial charge is 0.242 e. The Labute approximate surface area is 206 Å². The third kappa shape index (κ3) is 6.04. The predicted molar refractivity (Wildman–Crippen MR) is 132 cm³/mol. The van der Waals surface area contributed by atoms with E-state index in [-0.39, 0.29) is 31.1 Å². The molecule has 7 heteroatoms.